The minimum atomic E-state index is -0.131. The summed E-state index contributed by atoms with van der Waals surface area (Å²) in [4.78, 5) is 16.9. The van der Waals surface area contributed by atoms with Gasteiger partial charge in [0.25, 0.3) is 5.22 Å². The molecule has 9 heteroatoms. The van der Waals surface area contributed by atoms with Crippen LogP contribution in [0.3, 0.4) is 0 Å². The van der Waals surface area contributed by atoms with E-state index in [0.29, 0.717) is 17.7 Å². The third kappa shape index (κ3) is 5.91. The standard InChI is InChI=1S/C23H22BrN5O2S/c1-2-11-28-12-14-29(15-13-28)20-9-7-19(8-10-20)25-21(30)16-32-23-27-26-22(31-23)17-3-5-18(24)6-4-17/h1,3-10H,11-16H2,(H,25,30). The van der Waals surface area contributed by atoms with Gasteiger partial charge in [0, 0.05) is 47.6 Å². The van der Waals surface area contributed by atoms with Crippen molar-refractivity contribution in [2.24, 2.45) is 0 Å². The van der Waals surface area contributed by atoms with Gasteiger partial charge in [0.05, 0.1) is 12.3 Å². The quantitative estimate of drug-likeness (QED) is 0.379. The average molecular weight is 512 g/mol. The van der Waals surface area contributed by atoms with Crippen molar-refractivity contribution >= 4 is 45.0 Å². The zero-order chi connectivity index (χ0) is 22.3. The predicted octanol–water partition coefficient (Wildman–Crippen LogP) is 3.99. The third-order valence-corrected chi connectivity index (χ3v) is 6.37. The molecule has 2 aromatic carbocycles. The Hall–Kier alpha value is -2.80. The summed E-state index contributed by atoms with van der Waals surface area (Å²) >= 11 is 4.61. The van der Waals surface area contributed by atoms with Gasteiger partial charge in [-0.2, -0.15) is 0 Å². The van der Waals surface area contributed by atoms with Crippen molar-refractivity contribution in [2.45, 2.75) is 5.22 Å². The van der Waals surface area contributed by atoms with Crippen LogP contribution in [-0.2, 0) is 4.79 Å². The smallest absolute Gasteiger partial charge is 0.277 e. The summed E-state index contributed by atoms with van der Waals surface area (Å²) in [5.74, 6) is 3.18. The number of piperazine rings is 1. The van der Waals surface area contributed by atoms with Crippen molar-refractivity contribution in [1.29, 1.82) is 0 Å². The number of amides is 1. The highest BCUT2D eigenvalue weighted by molar-refractivity contribution is 9.10. The van der Waals surface area contributed by atoms with Crippen molar-refractivity contribution in [2.75, 3.05) is 48.7 Å². The summed E-state index contributed by atoms with van der Waals surface area (Å²) in [6.45, 7) is 4.50. The number of thioether (sulfide) groups is 1. The molecular formula is C23H22BrN5O2S. The summed E-state index contributed by atoms with van der Waals surface area (Å²) in [5, 5.41) is 11.3. The number of anilines is 2. The number of hydrogen-bond donors (Lipinski definition) is 1. The summed E-state index contributed by atoms with van der Waals surface area (Å²) in [6, 6.07) is 15.5. The van der Waals surface area contributed by atoms with E-state index in [-0.39, 0.29) is 11.7 Å². The molecular weight excluding hydrogens is 490 g/mol. The summed E-state index contributed by atoms with van der Waals surface area (Å²) in [5.41, 5.74) is 2.73. The molecule has 2 heterocycles. The maximum atomic E-state index is 12.3. The second-order valence-electron chi connectivity index (χ2n) is 7.23. The Kier molecular flexibility index (Phi) is 7.47. The maximum absolute atomic E-state index is 12.3. The van der Waals surface area contributed by atoms with Crippen LogP contribution in [0.1, 0.15) is 0 Å². The second kappa shape index (κ2) is 10.7. The van der Waals surface area contributed by atoms with Gasteiger partial charge in [-0.15, -0.1) is 16.6 Å². The summed E-state index contributed by atoms with van der Waals surface area (Å²) in [7, 11) is 0. The van der Waals surface area contributed by atoms with Crippen LogP contribution in [0.2, 0.25) is 0 Å². The minimum absolute atomic E-state index is 0.131. The Morgan fingerprint density at radius 2 is 1.81 bits per heavy atom. The van der Waals surface area contributed by atoms with E-state index in [1.165, 1.54) is 11.8 Å². The van der Waals surface area contributed by atoms with Crippen LogP contribution in [-0.4, -0.2) is 59.5 Å². The zero-order valence-corrected chi connectivity index (χ0v) is 19.7. The van der Waals surface area contributed by atoms with Crippen LogP contribution in [0.25, 0.3) is 11.5 Å². The lowest BCUT2D eigenvalue weighted by atomic mass is 10.2. The van der Waals surface area contributed by atoms with Crippen LogP contribution in [0.5, 0.6) is 0 Å². The van der Waals surface area contributed by atoms with E-state index in [9.17, 15) is 4.79 Å². The Bertz CT molecular complexity index is 1090. The van der Waals surface area contributed by atoms with E-state index >= 15 is 0 Å². The van der Waals surface area contributed by atoms with Gasteiger partial charge in [0.1, 0.15) is 0 Å². The van der Waals surface area contributed by atoms with E-state index in [1.807, 2.05) is 48.5 Å². The fraction of sp³-hybridized carbons (Fsp3) is 0.261. The average Bonchev–Trinajstić information content (AvgIpc) is 3.29. The summed E-state index contributed by atoms with van der Waals surface area (Å²) < 4.78 is 6.62. The Morgan fingerprint density at radius 3 is 2.50 bits per heavy atom. The number of carbonyl (C=O) groups excluding carboxylic acids is 1. The Labute approximate surface area is 199 Å². The molecule has 32 heavy (non-hydrogen) atoms. The lowest BCUT2D eigenvalue weighted by molar-refractivity contribution is -0.113. The molecule has 0 bridgehead atoms. The topological polar surface area (TPSA) is 74.5 Å². The van der Waals surface area contributed by atoms with Crippen LogP contribution in [0, 0.1) is 12.3 Å². The first-order chi connectivity index (χ1) is 15.6. The first kappa shape index (κ1) is 22.4. The van der Waals surface area contributed by atoms with Gasteiger partial charge in [-0.25, -0.2) is 0 Å². The first-order valence-corrected chi connectivity index (χ1v) is 11.9. The van der Waals surface area contributed by atoms with Crippen LogP contribution in [0.15, 0.2) is 62.6 Å². The number of terminal acetylenes is 1. The van der Waals surface area contributed by atoms with E-state index < -0.39 is 0 Å². The first-order valence-electron chi connectivity index (χ1n) is 10.1. The number of carbonyl (C=O) groups is 1. The molecule has 1 aliphatic heterocycles. The van der Waals surface area contributed by atoms with Gasteiger partial charge in [-0.05, 0) is 48.5 Å². The Morgan fingerprint density at radius 1 is 1.09 bits per heavy atom. The largest absolute Gasteiger partial charge is 0.411 e. The van der Waals surface area contributed by atoms with Crippen molar-refractivity contribution < 1.29 is 9.21 Å². The molecule has 0 atom stereocenters. The highest BCUT2D eigenvalue weighted by Gasteiger charge is 2.16. The third-order valence-electron chi connectivity index (χ3n) is 5.03. The molecule has 1 aromatic heterocycles. The molecule has 4 rings (SSSR count). The van der Waals surface area contributed by atoms with Gasteiger partial charge in [0.2, 0.25) is 11.8 Å². The second-order valence-corrected chi connectivity index (χ2v) is 9.07. The zero-order valence-electron chi connectivity index (χ0n) is 17.3. The van der Waals surface area contributed by atoms with Crippen LogP contribution >= 0.6 is 27.7 Å². The molecule has 3 aromatic rings. The lowest BCUT2D eigenvalue weighted by Gasteiger charge is -2.35. The number of nitrogens with zero attached hydrogens (tertiary/aromatic N) is 4. The number of benzene rings is 2. The van der Waals surface area contributed by atoms with Crippen molar-refractivity contribution in [3.05, 3.63) is 53.0 Å². The van der Waals surface area contributed by atoms with Gasteiger partial charge >= 0.3 is 0 Å². The van der Waals surface area contributed by atoms with Gasteiger partial charge in [0.15, 0.2) is 0 Å². The molecule has 0 unspecified atom stereocenters. The number of hydrogen-bond acceptors (Lipinski definition) is 7. The lowest BCUT2D eigenvalue weighted by Crippen LogP contribution is -2.46. The molecule has 1 amide bonds. The fourth-order valence-corrected chi connectivity index (χ4v) is 4.18. The van der Waals surface area contributed by atoms with E-state index in [1.54, 1.807) is 0 Å². The molecule has 0 aliphatic carbocycles. The van der Waals surface area contributed by atoms with E-state index in [4.69, 9.17) is 10.8 Å². The van der Waals surface area contributed by atoms with Crippen LogP contribution < -0.4 is 10.2 Å². The van der Waals surface area contributed by atoms with Crippen molar-refractivity contribution in [3.8, 4) is 23.8 Å². The molecule has 0 spiro atoms. The molecule has 1 fully saturated rings. The van der Waals surface area contributed by atoms with Crippen LogP contribution in [0.4, 0.5) is 11.4 Å². The van der Waals surface area contributed by atoms with Crippen molar-refractivity contribution in [3.63, 3.8) is 0 Å². The summed E-state index contributed by atoms with van der Waals surface area (Å²) in [6.07, 6.45) is 5.39. The number of nitrogens with one attached hydrogen (secondary N) is 1. The van der Waals surface area contributed by atoms with Crippen molar-refractivity contribution in [1.82, 2.24) is 15.1 Å². The molecule has 1 N–H and O–H groups in total. The van der Waals surface area contributed by atoms with Gasteiger partial charge in [-0.3, -0.25) is 9.69 Å². The number of rotatable bonds is 7. The van der Waals surface area contributed by atoms with Gasteiger partial charge in [-0.1, -0.05) is 33.6 Å². The molecule has 0 saturated carbocycles. The minimum Gasteiger partial charge on any atom is -0.411 e. The molecule has 7 nitrogen and oxygen atoms in total. The van der Waals surface area contributed by atoms with E-state index in [2.05, 4.69) is 47.2 Å². The highest BCUT2D eigenvalue weighted by atomic mass is 79.9. The maximum Gasteiger partial charge on any atom is 0.277 e. The SMILES string of the molecule is C#CCN1CCN(c2ccc(NC(=O)CSc3nnc(-c4ccc(Br)cc4)o3)cc2)CC1. The number of halogens is 1. The molecule has 1 saturated heterocycles. The molecule has 164 valence electrons. The molecule has 1 aliphatic rings. The number of aromatic nitrogens is 2. The fourth-order valence-electron chi connectivity index (χ4n) is 3.35. The highest BCUT2D eigenvalue weighted by Crippen LogP contribution is 2.25. The van der Waals surface area contributed by atoms with Gasteiger partial charge < -0.3 is 14.6 Å². The molecule has 0 radical (unpaired) electrons. The normalized spacial score (nSPS) is 14.2. The predicted molar refractivity (Wildman–Crippen MR) is 131 cm³/mol. The van der Waals surface area contributed by atoms with E-state index in [0.717, 1.165) is 47.6 Å². The monoisotopic (exact) mass is 511 g/mol. The Balaban J connectivity index is 1.25.